The molecular weight excluding hydrogens is 240 g/mol. The van der Waals surface area contributed by atoms with Gasteiger partial charge in [-0.3, -0.25) is 10.1 Å². The Kier molecular flexibility index (Phi) is 2.62. The highest BCUT2D eigenvalue weighted by atomic mass is 32.1. The lowest BCUT2D eigenvalue weighted by Gasteiger charge is -2.09. The maximum Gasteiger partial charge on any atom is 0.279 e. The molecule has 0 spiro atoms. The van der Waals surface area contributed by atoms with Crippen molar-refractivity contribution in [2.75, 3.05) is 11.9 Å². The second-order valence-electron chi connectivity index (χ2n) is 3.65. The summed E-state index contributed by atoms with van der Waals surface area (Å²) >= 11 is 1.50. The molecule has 88 valence electrons. The summed E-state index contributed by atoms with van der Waals surface area (Å²) in [5.41, 5.74) is 1.33. The van der Waals surface area contributed by atoms with E-state index < -0.39 is 0 Å². The average Bonchev–Trinajstić information content (AvgIpc) is 2.97. The predicted molar refractivity (Wildman–Crippen MR) is 62.0 cm³/mol. The monoisotopic (exact) mass is 250 g/mol. The largest absolute Gasteiger partial charge is 0.364 e. The van der Waals surface area contributed by atoms with Crippen molar-refractivity contribution in [2.24, 2.45) is 0 Å². The van der Waals surface area contributed by atoms with Gasteiger partial charge in [0.2, 0.25) is 0 Å². The molecule has 0 aliphatic carbocycles. The molecule has 2 aromatic rings. The first-order chi connectivity index (χ1) is 8.33. The van der Waals surface area contributed by atoms with Crippen LogP contribution < -0.4 is 10.6 Å². The molecule has 3 heterocycles. The minimum absolute atomic E-state index is 0.260. The van der Waals surface area contributed by atoms with Crippen LogP contribution >= 0.6 is 11.3 Å². The first-order valence-corrected chi connectivity index (χ1v) is 6.05. The van der Waals surface area contributed by atoms with Gasteiger partial charge in [-0.2, -0.15) is 0 Å². The molecule has 0 atom stereocenters. The van der Waals surface area contributed by atoms with Crippen LogP contribution in [0.3, 0.4) is 0 Å². The second kappa shape index (κ2) is 4.27. The van der Waals surface area contributed by atoms with Crippen molar-refractivity contribution in [1.82, 2.24) is 15.5 Å². The molecular formula is C10H10N4O2S. The summed E-state index contributed by atoms with van der Waals surface area (Å²) in [7, 11) is 0. The van der Waals surface area contributed by atoms with Crippen molar-refractivity contribution in [1.29, 1.82) is 0 Å². The van der Waals surface area contributed by atoms with Crippen LogP contribution in [0.5, 0.6) is 0 Å². The summed E-state index contributed by atoms with van der Waals surface area (Å²) in [5.74, 6) is -0.294. The zero-order valence-electron chi connectivity index (χ0n) is 8.90. The summed E-state index contributed by atoms with van der Waals surface area (Å²) in [6.07, 6.45) is 2.28. The van der Waals surface area contributed by atoms with Gasteiger partial charge in [0.05, 0.1) is 5.69 Å². The van der Waals surface area contributed by atoms with Crippen molar-refractivity contribution < 1.29 is 9.32 Å². The fourth-order valence-corrected chi connectivity index (χ4v) is 2.64. The predicted octanol–water partition coefficient (Wildman–Crippen LogP) is 1.03. The number of fused-ring (bicyclic) bond motifs is 1. The molecule has 0 radical (unpaired) electrons. The molecule has 6 nitrogen and oxygen atoms in total. The Bertz CT molecular complexity index is 511. The zero-order chi connectivity index (χ0) is 11.7. The first kappa shape index (κ1) is 10.4. The number of carbonyl (C=O) groups excluding carboxylic acids is 1. The van der Waals surface area contributed by atoms with Crippen molar-refractivity contribution in [2.45, 2.75) is 13.0 Å². The maximum atomic E-state index is 11.7. The Labute approximate surface area is 101 Å². The number of hydrogen-bond acceptors (Lipinski definition) is 6. The van der Waals surface area contributed by atoms with E-state index in [2.05, 4.69) is 25.3 Å². The molecule has 0 unspecified atom stereocenters. The highest BCUT2D eigenvalue weighted by Gasteiger charge is 2.17. The van der Waals surface area contributed by atoms with Crippen molar-refractivity contribution in [3.05, 3.63) is 28.6 Å². The molecule has 2 N–H and O–H groups in total. The van der Waals surface area contributed by atoms with E-state index in [1.807, 2.05) is 0 Å². The van der Waals surface area contributed by atoms with Crippen LogP contribution in [0.1, 0.15) is 21.1 Å². The molecule has 0 fully saturated rings. The van der Waals surface area contributed by atoms with E-state index in [0.29, 0.717) is 5.13 Å². The van der Waals surface area contributed by atoms with E-state index in [9.17, 15) is 4.79 Å². The molecule has 7 heteroatoms. The lowest BCUT2D eigenvalue weighted by molar-refractivity contribution is 0.101. The highest BCUT2D eigenvalue weighted by molar-refractivity contribution is 7.15. The van der Waals surface area contributed by atoms with E-state index in [1.165, 1.54) is 28.5 Å². The Morgan fingerprint density at radius 2 is 2.53 bits per heavy atom. The number of anilines is 1. The maximum absolute atomic E-state index is 11.7. The molecule has 0 saturated carbocycles. The van der Waals surface area contributed by atoms with Gasteiger partial charge in [0.15, 0.2) is 10.8 Å². The van der Waals surface area contributed by atoms with Gasteiger partial charge in [0, 0.05) is 30.5 Å². The number of rotatable bonds is 2. The number of aromatic nitrogens is 2. The average molecular weight is 250 g/mol. The van der Waals surface area contributed by atoms with E-state index in [0.717, 1.165) is 25.2 Å². The third-order valence-corrected chi connectivity index (χ3v) is 3.51. The van der Waals surface area contributed by atoms with Crippen LogP contribution in [-0.2, 0) is 13.0 Å². The molecule has 0 bridgehead atoms. The van der Waals surface area contributed by atoms with Crippen LogP contribution in [-0.4, -0.2) is 22.6 Å². The van der Waals surface area contributed by atoms with Crippen LogP contribution in [0.2, 0.25) is 0 Å². The Balaban J connectivity index is 1.77. The van der Waals surface area contributed by atoms with Crippen molar-refractivity contribution in [3.63, 3.8) is 0 Å². The van der Waals surface area contributed by atoms with E-state index in [-0.39, 0.29) is 11.6 Å². The Morgan fingerprint density at radius 1 is 1.59 bits per heavy atom. The van der Waals surface area contributed by atoms with Gasteiger partial charge >= 0.3 is 0 Å². The number of nitrogens with zero attached hydrogens (tertiary/aromatic N) is 2. The third-order valence-electron chi connectivity index (χ3n) is 2.49. The van der Waals surface area contributed by atoms with Gasteiger partial charge in [-0.15, -0.1) is 11.3 Å². The number of amides is 1. The number of carbonyl (C=O) groups is 1. The van der Waals surface area contributed by atoms with Gasteiger partial charge in [-0.05, 0) is 0 Å². The summed E-state index contributed by atoms with van der Waals surface area (Å²) in [4.78, 5) is 17.3. The number of thiazole rings is 1. The molecule has 17 heavy (non-hydrogen) atoms. The van der Waals surface area contributed by atoms with Gasteiger partial charge in [0.25, 0.3) is 5.91 Å². The molecule has 2 aromatic heterocycles. The van der Waals surface area contributed by atoms with Gasteiger partial charge in [0.1, 0.15) is 6.26 Å². The summed E-state index contributed by atoms with van der Waals surface area (Å²) in [5, 5.41) is 10.2. The van der Waals surface area contributed by atoms with Crippen LogP contribution in [0, 0.1) is 0 Å². The fourth-order valence-electron chi connectivity index (χ4n) is 1.67. The van der Waals surface area contributed by atoms with Gasteiger partial charge in [-0.1, -0.05) is 5.16 Å². The third kappa shape index (κ3) is 2.06. The summed E-state index contributed by atoms with van der Waals surface area (Å²) < 4.78 is 4.62. The SMILES string of the molecule is O=C(Nc1nc2c(s1)CNCC2)c1ccon1. The lowest BCUT2D eigenvalue weighted by Crippen LogP contribution is -2.22. The standard InChI is InChI=1S/C10H10N4O2S/c15-9(7-2-4-16-14-7)13-10-12-6-1-3-11-5-8(6)17-10/h2,4,11H,1,3,5H2,(H,12,13,15). The van der Waals surface area contributed by atoms with E-state index in [1.54, 1.807) is 0 Å². The topological polar surface area (TPSA) is 80.0 Å². The van der Waals surface area contributed by atoms with E-state index in [4.69, 9.17) is 0 Å². The Hall–Kier alpha value is -1.73. The highest BCUT2D eigenvalue weighted by Crippen LogP contribution is 2.25. The lowest BCUT2D eigenvalue weighted by atomic mass is 10.2. The fraction of sp³-hybridized carbons (Fsp3) is 0.300. The van der Waals surface area contributed by atoms with E-state index >= 15 is 0 Å². The van der Waals surface area contributed by atoms with Crippen molar-refractivity contribution >= 4 is 22.4 Å². The van der Waals surface area contributed by atoms with Crippen LogP contribution in [0.4, 0.5) is 5.13 Å². The quantitative estimate of drug-likeness (QED) is 0.832. The van der Waals surface area contributed by atoms with Crippen LogP contribution in [0.25, 0.3) is 0 Å². The first-order valence-electron chi connectivity index (χ1n) is 5.24. The molecule has 1 amide bonds. The normalized spacial score (nSPS) is 14.4. The summed E-state index contributed by atoms with van der Waals surface area (Å²) in [6.45, 7) is 1.76. The molecule has 1 aliphatic heterocycles. The number of nitrogens with one attached hydrogen (secondary N) is 2. The van der Waals surface area contributed by atoms with Crippen molar-refractivity contribution in [3.8, 4) is 0 Å². The molecule has 3 rings (SSSR count). The Morgan fingerprint density at radius 3 is 3.29 bits per heavy atom. The zero-order valence-corrected chi connectivity index (χ0v) is 9.71. The molecule has 0 aromatic carbocycles. The minimum Gasteiger partial charge on any atom is -0.364 e. The van der Waals surface area contributed by atoms with Gasteiger partial charge in [-0.25, -0.2) is 4.98 Å². The smallest absolute Gasteiger partial charge is 0.279 e. The molecule has 0 saturated heterocycles. The van der Waals surface area contributed by atoms with Gasteiger partial charge < -0.3 is 9.84 Å². The number of hydrogen-bond donors (Lipinski definition) is 2. The summed E-state index contributed by atoms with van der Waals surface area (Å²) in [6, 6.07) is 1.52. The second-order valence-corrected chi connectivity index (χ2v) is 4.74. The molecule has 1 aliphatic rings. The minimum atomic E-state index is -0.294. The van der Waals surface area contributed by atoms with Crippen LogP contribution in [0.15, 0.2) is 16.9 Å².